The monoisotopic (exact) mass is 361 g/mol. The summed E-state index contributed by atoms with van der Waals surface area (Å²) in [4.78, 5) is 12.2. The van der Waals surface area contributed by atoms with Crippen LogP contribution in [0.2, 0.25) is 10.0 Å². The molecular weight excluding hydrogens is 349 g/mol. The lowest BCUT2D eigenvalue weighted by atomic mass is 10.2. The lowest BCUT2D eigenvalue weighted by Gasteiger charge is -2.08. The number of methoxy groups -OCH3 is 1. The Kier molecular flexibility index (Phi) is 6.07. The molecule has 0 saturated heterocycles. The van der Waals surface area contributed by atoms with Crippen molar-refractivity contribution >= 4 is 40.5 Å². The van der Waals surface area contributed by atoms with Crippen LogP contribution in [0.5, 0.6) is 5.75 Å². The zero-order valence-electron chi connectivity index (χ0n) is 12.6. The second-order valence-electron chi connectivity index (χ2n) is 4.60. The van der Waals surface area contributed by atoms with Crippen molar-refractivity contribution in [1.82, 2.24) is 0 Å². The first-order valence-corrected chi connectivity index (χ1v) is 7.57. The molecule has 0 aliphatic rings. The lowest BCUT2D eigenvalue weighted by molar-refractivity contribution is -0.112. The molecule has 0 unspecified atom stereocenters. The standard InChI is InChI=1S/C17H13Cl2N3O2/c1-24-16-7-6-12(8-14(16)19)22-17(23)11(9-20)10-21-15-5-3-2-4-13(15)18/h2-8,10,21H,1H3,(H,22,23)/b11-10-. The number of para-hydroxylation sites is 1. The Bertz CT molecular complexity index is 829. The number of amides is 1. The van der Waals surface area contributed by atoms with Gasteiger partial charge in [0.25, 0.3) is 5.91 Å². The Morgan fingerprint density at radius 3 is 2.58 bits per heavy atom. The summed E-state index contributed by atoms with van der Waals surface area (Å²) in [7, 11) is 1.50. The Labute approximate surface area is 149 Å². The fraction of sp³-hybridized carbons (Fsp3) is 0.0588. The molecule has 2 aromatic rings. The number of carbonyl (C=O) groups excluding carboxylic acids is 1. The molecule has 0 aliphatic heterocycles. The van der Waals surface area contributed by atoms with E-state index >= 15 is 0 Å². The third-order valence-electron chi connectivity index (χ3n) is 3.02. The van der Waals surface area contributed by atoms with Gasteiger partial charge in [-0.1, -0.05) is 35.3 Å². The molecule has 0 atom stereocenters. The van der Waals surface area contributed by atoms with Gasteiger partial charge in [-0.25, -0.2) is 0 Å². The van der Waals surface area contributed by atoms with Crippen LogP contribution < -0.4 is 15.4 Å². The minimum atomic E-state index is -0.571. The van der Waals surface area contributed by atoms with Crippen molar-refractivity contribution in [2.75, 3.05) is 17.7 Å². The molecule has 0 spiro atoms. The number of hydrogen-bond acceptors (Lipinski definition) is 4. The first-order chi connectivity index (χ1) is 11.5. The van der Waals surface area contributed by atoms with Crippen LogP contribution in [0.1, 0.15) is 0 Å². The quantitative estimate of drug-likeness (QED) is 0.608. The molecule has 0 heterocycles. The van der Waals surface area contributed by atoms with Crippen LogP contribution in [0.3, 0.4) is 0 Å². The first-order valence-electron chi connectivity index (χ1n) is 6.81. The highest BCUT2D eigenvalue weighted by molar-refractivity contribution is 6.33. The van der Waals surface area contributed by atoms with Crippen molar-refractivity contribution in [2.45, 2.75) is 0 Å². The molecule has 0 aromatic heterocycles. The average Bonchev–Trinajstić information content (AvgIpc) is 2.57. The Morgan fingerprint density at radius 2 is 1.96 bits per heavy atom. The number of nitrogens with zero attached hydrogens (tertiary/aromatic N) is 1. The lowest BCUT2D eigenvalue weighted by Crippen LogP contribution is -2.14. The average molecular weight is 362 g/mol. The number of benzene rings is 2. The number of carbonyl (C=O) groups is 1. The van der Waals surface area contributed by atoms with Crippen LogP contribution in [-0.4, -0.2) is 13.0 Å². The highest BCUT2D eigenvalue weighted by Crippen LogP contribution is 2.27. The zero-order valence-corrected chi connectivity index (χ0v) is 14.2. The van der Waals surface area contributed by atoms with E-state index in [9.17, 15) is 4.79 Å². The molecule has 5 nitrogen and oxygen atoms in total. The van der Waals surface area contributed by atoms with Crippen LogP contribution in [-0.2, 0) is 4.79 Å². The summed E-state index contributed by atoms with van der Waals surface area (Å²) in [6, 6.07) is 13.6. The predicted octanol–water partition coefficient (Wildman–Crippen LogP) is 4.46. The summed E-state index contributed by atoms with van der Waals surface area (Å²) in [6.45, 7) is 0. The van der Waals surface area contributed by atoms with Gasteiger partial charge >= 0.3 is 0 Å². The molecule has 0 bridgehead atoms. The van der Waals surface area contributed by atoms with Gasteiger partial charge in [-0.15, -0.1) is 0 Å². The molecule has 0 aliphatic carbocycles. The van der Waals surface area contributed by atoms with Crippen molar-refractivity contribution in [2.24, 2.45) is 0 Å². The Morgan fingerprint density at radius 1 is 1.21 bits per heavy atom. The molecule has 7 heteroatoms. The van der Waals surface area contributed by atoms with Crippen molar-refractivity contribution in [3.05, 3.63) is 64.3 Å². The summed E-state index contributed by atoms with van der Waals surface area (Å²) in [5.41, 5.74) is 0.929. The molecule has 2 aromatic carbocycles. The van der Waals surface area contributed by atoms with Gasteiger partial charge in [0, 0.05) is 11.9 Å². The van der Waals surface area contributed by atoms with Gasteiger partial charge in [0.2, 0.25) is 0 Å². The maximum atomic E-state index is 12.2. The molecular formula is C17H13Cl2N3O2. The van der Waals surface area contributed by atoms with Gasteiger partial charge < -0.3 is 15.4 Å². The van der Waals surface area contributed by atoms with Crippen molar-refractivity contribution < 1.29 is 9.53 Å². The van der Waals surface area contributed by atoms with Crippen LogP contribution >= 0.6 is 23.2 Å². The summed E-state index contributed by atoms with van der Waals surface area (Å²) in [5.74, 6) is -0.0793. The van der Waals surface area contributed by atoms with Crippen molar-refractivity contribution in [3.63, 3.8) is 0 Å². The third-order valence-corrected chi connectivity index (χ3v) is 3.65. The van der Waals surface area contributed by atoms with Crippen molar-refractivity contribution in [3.8, 4) is 11.8 Å². The topological polar surface area (TPSA) is 74.1 Å². The fourth-order valence-corrected chi connectivity index (χ4v) is 2.27. The maximum absolute atomic E-state index is 12.2. The summed E-state index contributed by atoms with van der Waals surface area (Å²) in [5, 5.41) is 15.4. The predicted molar refractivity (Wildman–Crippen MR) is 95.4 cm³/mol. The molecule has 2 rings (SSSR count). The highest BCUT2D eigenvalue weighted by Gasteiger charge is 2.11. The highest BCUT2D eigenvalue weighted by atomic mass is 35.5. The van der Waals surface area contributed by atoms with Crippen molar-refractivity contribution in [1.29, 1.82) is 5.26 Å². The molecule has 0 radical (unpaired) electrons. The third kappa shape index (κ3) is 4.42. The number of hydrogen-bond donors (Lipinski definition) is 2. The van der Waals surface area contributed by atoms with Crippen LogP contribution in [0.4, 0.5) is 11.4 Å². The van der Waals surface area contributed by atoms with E-state index < -0.39 is 5.91 Å². The first kappa shape index (κ1) is 17.7. The van der Waals surface area contributed by atoms with Crippen LogP contribution in [0.25, 0.3) is 0 Å². The molecule has 1 amide bonds. The van der Waals surface area contributed by atoms with E-state index in [0.29, 0.717) is 27.2 Å². The maximum Gasteiger partial charge on any atom is 0.267 e. The summed E-state index contributed by atoms with van der Waals surface area (Å²) in [6.07, 6.45) is 1.29. The molecule has 122 valence electrons. The SMILES string of the molecule is COc1ccc(NC(=O)/C(C#N)=C\Nc2ccccc2Cl)cc1Cl. The van der Waals surface area contributed by atoms with Crippen LogP contribution in [0.15, 0.2) is 54.2 Å². The zero-order chi connectivity index (χ0) is 17.5. The van der Waals surface area contributed by atoms with E-state index in [1.54, 1.807) is 36.4 Å². The molecule has 0 fully saturated rings. The minimum Gasteiger partial charge on any atom is -0.495 e. The van der Waals surface area contributed by atoms with E-state index in [2.05, 4.69) is 10.6 Å². The minimum absolute atomic E-state index is 0.109. The Hall–Kier alpha value is -2.68. The number of rotatable bonds is 5. The van der Waals surface area contributed by atoms with Gasteiger partial charge in [0.1, 0.15) is 17.4 Å². The van der Waals surface area contributed by atoms with E-state index in [-0.39, 0.29) is 5.57 Å². The number of anilines is 2. The normalized spacial score (nSPS) is 10.7. The smallest absolute Gasteiger partial charge is 0.267 e. The Balaban J connectivity index is 2.12. The number of halogens is 2. The largest absolute Gasteiger partial charge is 0.495 e. The summed E-state index contributed by atoms with van der Waals surface area (Å²) >= 11 is 12.0. The number of ether oxygens (including phenoxy) is 1. The van der Waals surface area contributed by atoms with Gasteiger partial charge in [-0.2, -0.15) is 5.26 Å². The van der Waals surface area contributed by atoms with Gasteiger partial charge in [-0.05, 0) is 30.3 Å². The molecule has 2 N–H and O–H groups in total. The summed E-state index contributed by atoms with van der Waals surface area (Å²) < 4.78 is 5.04. The molecule has 0 saturated carbocycles. The van der Waals surface area contributed by atoms with Gasteiger partial charge in [0.15, 0.2) is 0 Å². The number of nitriles is 1. The molecule has 24 heavy (non-hydrogen) atoms. The van der Waals surface area contributed by atoms with E-state index in [4.69, 9.17) is 33.2 Å². The second kappa shape index (κ2) is 8.25. The fourth-order valence-electron chi connectivity index (χ4n) is 1.82. The van der Waals surface area contributed by atoms with Crippen LogP contribution in [0, 0.1) is 11.3 Å². The van der Waals surface area contributed by atoms with E-state index in [1.807, 2.05) is 6.07 Å². The van der Waals surface area contributed by atoms with Gasteiger partial charge in [0.05, 0.1) is 22.8 Å². The number of nitrogens with one attached hydrogen (secondary N) is 2. The van der Waals surface area contributed by atoms with Gasteiger partial charge in [-0.3, -0.25) is 4.79 Å². The second-order valence-corrected chi connectivity index (χ2v) is 5.41. The van der Waals surface area contributed by atoms with E-state index in [0.717, 1.165) is 0 Å². The van der Waals surface area contributed by atoms with E-state index in [1.165, 1.54) is 19.4 Å².